The van der Waals surface area contributed by atoms with Gasteiger partial charge in [0.05, 0.1) is 18.3 Å². The van der Waals surface area contributed by atoms with Crippen molar-refractivity contribution in [1.29, 1.82) is 0 Å². The molecule has 0 aliphatic carbocycles. The number of ether oxygens (including phenoxy) is 1. The molecule has 0 aromatic carbocycles. The molecule has 0 radical (unpaired) electrons. The van der Waals surface area contributed by atoms with Crippen LogP contribution in [-0.4, -0.2) is 29.5 Å². The molecule has 1 heterocycles. The number of hydrogen-bond acceptors (Lipinski definition) is 3. The van der Waals surface area contributed by atoms with Gasteiger partial charge in [-0.3, -0.25) is 0 Å². The lowest BCUT2D eigenvalue weighted by Gasteiger charge is -2.34. The van der Waals surface area contributed by atoms with Crippen molar-refractivity contribution in [3.63, 3.8) is 0 Å². The number of aliphatic hydroxyl groups is 1. The predicted molar refractivity (Wildman–Crippen MR) is 38.6 cm³/mol. The minimum Gasteiger partial charge on any atom is -0.389 e. The van der Waals surface area contributed by atoms with Crippen LogP contribution < -0.4 is 5.73 Å². The summed E-state index contributed by atoms with van der Waals surface area (Å²) in [5, 5.41) is 9.31. The van der Waals surface area contributed by atoms with Gasteiger partial charge >= 0.3 is 0 Å². The van der Waals surface area contributed by atoms with Crippen LogP contribution in [0.25, 0.3) is 0 Å². The summed E-state index contributed by atoms with van der Waals surface area (Å²) in [6.07, 6.45) is 0.342. The van der Waals surface area contributed by atoms with Crippen LogP contribution in [0.4, 0.5) is 0 Å². The van der Waals surface area contributed by atoms with Gasteiger partial charge < -0.3 is 15.6 Å². The number of nitrogens with two attached hydrogens (primary N) is 1. The van der Waals surface area contributed by atoms with Gasteiger partial charge in [0.25, 0.3) is 0 Å². The summed E-state index contributed by atoms with van der Waals surface area (Å²) in [6, 6.07) is -0.112. The molecule has 0 amide bonds. The lowest BCUT2D eigenvalue weighted by molar-refractivity contribution is -0.110. The zero-order chi connectivity index (χ0) is 7.72. The van der Waals surface area contributed by atoms with Gasteiger partial charge in [-0.2, -0.15) is 0 Å². The molecule has 10 heavy (non-hydrogen) atoms. The average molecular weight is 145 g/mol. The Labute approximate surface area is 61.2 Å². The van der Waals surface area contributed by atoms with Gasteiger partial charge in [0.1, 0.15) is 0 Å². The number of hydrogen-bond donors (Lipinski definition) is 2. The zero-order valence-corrected chi connectivity index (χ0v) is 6.45. The van der Waals surface area contributed by atoms with E-state index in [0.717, 1.165) is 6.42 Å². The van der Waals surface area contributed by atoms with E-state index >= 15 is 0 Å². The molecule has 1 unspecified atom stereocenters. The Morgan fingerprint density at radius 3 is 2.60 bits per heavy atom. The Balaban J connectivity index is 2.49. The summed E-state index contributed by atoms with van der Waals surface area (Å²) in [5.41, 5.74) is 5.63. The van der Waals surface area contributed by atoms with Gasteiger partial charge in [0, 0.05) is 6.04 Å². The summed E-state index contributed by atoms with van der Waals surface area (Å²) in [7, 11) is 0. The largest absolute Gasteiger partial charge is 0.389 e. The van der Waals surface area contributed by atoms with E-state index in [1.807, 2.05) is 13.8 Å². The first-order valence-electron chi connectivity index (χ1n) is 3.70. The molecule has 0 spiro atoms. The second-order valence-electron chi connectivity index (χ2n) is 3.04. The molecule has 1 rings (SSSR count). The lowest BCUT2D eigenvalue weighted by atomic mass is 9.98. The fourth-order valence-corrected chi connectivity index (χ4v) is 1.37. The van der Waals surface area contributed by atoms with E-state index in [0.29, 0.717) is 0 Å². The van der Waals surface area contributed by atoms with Crippen LogP contribution in [-0.2, 0) is 4.74 Å². The molecule has 1 aliphatic rings. The minimum absolute atomic E-state index is 0.112. The first-order chi connectivity index (χ1) is 4.61. The van der Waals surface area contributed by atoms with E-state index in [1.165, 1.54) is 0 Å². The van der Waals surface area contributed by atoms with E-state index in [2.05, 4.69) is 0 Å². The molecule has 0 saturated carbocycles. The van der Waals surface area contributed by atoms with Crippen molar-refractivity contribution in [2.24, 2.45) is 5.73 Å². The summed E-state index contributed by atoms with van der Waals surface area (Å²) in [4.78, 5) is 0. The van der Waals surface area contributed by atoms with Gasteiger partial charge in [-0.15, -0.1) is 0 Å². The van der Waals surface area contributed by atoms with Crippen LogP contribution in [0.2, 0.25) is 0 Å². The van der Waals surface area contributed by atoms with Gasteiger partial charge in [0.15, 0.2) is 0 Å². The Hall–Kier alpha value is -0.120. The summed E-state index contributed by atoms with van der Waals surface area (Å²) < 4.78 is 5.34. The van der Waals surface area contributed by atoms with E-state index < -0.39 is 6.10 Å². The molecule has 1 aliphatic heterocycles. The molecule has 0 bridgehead atoms. The lowest BCUT2D eigenvalue weighted by Crippen LogP contribution is -2.50. The smallest absolute Gasteiger partial charge is 0.0950 e. The normalized spacial score (nSPS) is 49.2. The summed E-state index contributed by atoms with van der Waals surface area (Å²) in [5.74, 6) is 0. The quantitative estimate of drug-likeness (QED) is 0.499. The Kier molecular flexibility index (Phi) is 2.28. The SMILES string of the molecule is CC1C[C@@H](N)[C@H](O)[C@@H](C)O1. The molecule has 3 nitrogen and oxygen atoms in total. The highest BCUT2D eigenvalue weighted by Gasteiger charge is 2.30. The maximum atomic E-state index is 9.31. The highest BCUT2D eigenvalue weighted by Crippen LogP contribution is 2.17. The standard InChI is InChI=1S/C7H15NO2/c1-4-3-6(8)7(9)5(2)10-4/h4-7,9H,3,8H2,1-2H3/t4?,5-,6-,7-/m1/s1. The van der Waals surface area contributed by atoms with Crippen molar-refractivity contribution in [3.8, 4) is 0 Å². The predicted octanol–water partition coefficient (Wildman–Crippen LogP) is -0.128. The molecular weight excluding hydrogens is 130 g/mol. The van der Waals surface area contributed by atoms with E-state index in [1.54, 1.807) is 0 Å². The van der Waals surface area contributed by atoms with Crippen LogP contribution in [0.3, 0.4) is 0 Å². The molecule has 3 N–H and O–H groups in total. The first-order valence-corrected chi connectivity index (χ1v) is 3.70. The Morgan fingerprint density at radius 1 is 1.50 bits per heavy atom. The maximum absolute atomic E-state index is 9.31. The molecular formula is C7H15NO2. The molecule has 60 valence electrons. The summed E-state index contributed by atoms with van der Waals surface area (Å²) in [6.45, 7) is 3.82. The number of aliphatic hydroxyl groups excluding tert-OH is 1. The second-order valence-corrected chi connectivity index (χ2v) is 3.04. The van der Waals surface area contributed by atoms with Gasteiger partial charge in [-0.25, -0.2) is 0 Å². The fourth-order valence-electron chi connectivity index (χ4n) is 1.37. The van der Waals surface area contributed by atoms with Crippen LogP contribution in [0.15, 0.2) is 0 Å². The topological polar surface area (TPSA) is 55.5 Å². The molecule has 0 aromatic heterocycles. The third kappa shape index (κ3) is 1.48. The van der Waals surface area contributed by atoms with Crippen molar-refractivity contribution < 1.29 is 9.84 Å². The minimum atomic E-state index is -0.490. The van der Waals surface area contributed by atoms with Crippen molar-refractivity contribution in [2.45, 2.75) is 44.6 Å². The van der Waals surface area contributed by atoms with Gasteiger partial charge in [0.2, 0.25) is 0 Å². The van der Waals surface area contributed by atoms with E-state index in [4.69, 9.17) is 10.5 Å². The summed E-state index contributed by atoms with van der Waals surface area (Å²) >= 11 is 0. The Bertz CT molecular complexity index is 106. The van der Waals surface area contributed by atoms with E-state index in [9.17, 15) is 5.11 Å². The van der Waals surface area contributed by atoms with Crippen LogP contribution >= 0.6 is 0 Å². The molecule has 1 fully saturated rings. The van der Waals surface area contributed by atoms with Crippen LogP contribution in [0, 0.1) is 0 Å². The maximum Gasteiger partial charge on any atom is 0.0950 e. The highest BCUT2D eigenvalue weighted by molar-refractivity contribution is 4.84. The third-order valence-corrected chi connectivity index (χ3v) is 1.97. The Morgan fingerprint density at radius 2 is 2.10 bits per heavy atom. The van der Waals surface area contributed by atoms with Crippen molar-refractivity contribution >= 4 is 0 Å². The van der Waals surface area contributed by atoms with Gasteiger partial charge in [-0.05, 0) is 20.3 Å². The van der Waals surface area contributed by atoms with Crippen LogP contribution in [0.5, 0.6) is 0 Å². The fraction of sp³-hybridized carbons (Fsp3) is 1.00. The third-order valence-electron chi connectivity index (χ3n) is 1.97. The molecule has 1 saturated heterocycles. The van der Waals surface area contributed by atoms with E-state index in [-0.39, 0.29) is 18.2 Å². The van der Waals surface area contributed by atoms with Gasteiger partial charge in [-0.1, -0.05) is 0 Å². The van der Waals surface area contributed by atoms with Crippen molar-refractivity contribution in [3.05, 3.63) is 0 Å². The van der Waals surface area contributed by atoms with Crippen molar-refractivity contribution in [2.75, 3.05) is 0 Å². The second kappa shape index (κ2) is 2.86. The number of rotatable bonds is 0. The first kappa shape index (κ1) is 7.98. The molecule has 0 aromatic rings. The molecule has 3 heteroatoms. The van der Waals surface area contributed by atoms with Crippen molar-refractivity contribution in [1.82, 2.24) is 0 Å². The highest BCUT2D eigenvalue weighted by atomic mass is 16.5. The average Bonchev–Trinajstić information content (AvgIpc) is 1.82. The monoisotopic (exact) mass is 145 g/mol. The van der Waals surface area contributed by atoms with Crippen LogP contribution in [0.1, 0.15) is 20.3 Å². The molecule has 4 atom stereocenters. The zero-order valence-electron chi connectivity index (χ0n) is 6.45.